The Bertz CT molecular complexity index is 589. The molecule has 0 bridgehead atoms. The molecule has 1 aliphatic heterocycles. The summed E-state index contributed by atoms with van der Waals surface area (Å²) in [4.78, 5) is 4.37. The number of nitrogens with one attached hydrogen (secondary N) is 1. The van der Waals surface area contributed by atoms with Crippen LogP contribution >= 0.6 is 11.6 Å². The minimum Gasteiger partial charge on any atom is -0.476 e. The predicted molar refractivity (Wildman–Crippen MR) is 73.0 cm³/mol. The smallest absolute Gasteiger partial charge is 0.222 e. The van der Waals surface area contributed by atoms with Crippen LogP contribution in [0.2, 0.25) is 5.02 Å². The molecule has 1 N–H and O–H groups in total. The monoisotopic (exact) mass is 276 g/mol. The number of halogens is 1. The van der Waals surface area contributed by atoms with E-state index in [1.807, 2.05) is 24.3 Å². The molecule has 0 spiro atoms. The van der Waals surface area contributed by atoms with Crippen molar-refractivity contribution in [2.24, 2.45) is 0 Å². The minimum atomic E-state index is 0.503. The lowest BCUT2D eigenvalue weighted by Crippen LogP contribution is -2.16. The van der Waals surface area contributed by atoms with Crippen molar-refractivity contribution in [1.82, 2.24) is 10.3 Å². The van der Waals surface area contributed by atoms with Gasteiger partial charge in [-0.1, -0.05) is 17.7 Å². The van der Waals surface area contributed by atoms with Gasteiger partial charge < -0.3 is 14.8 Å². The van der Waals surface area contributed by atoms with E-state index >= 15 is 0 Å². The highest BCUT2D eigenvalue weighted by Gasteiger charge is 2.11. The lowest BCUT2D eigenvalue weighted by molar-refractivity contribution is 0.309. The van der Waals surface area contributed by atoms with E-state index in [-0.39, 0.29) is 0 Å². The zero-order valence-electron chi connectivity index (χ0n) is 10.2. The van der Waals surface area contributed by atoms with E-state index in [9.17, 15) is 0 Å². The SMILES string of the molecule is Clc1cccc(Oc2ccc3c(n2)OCCNC3)c1. The Balaban J connectivity index is 1.84. The fraction of sp³-hybridized carbons (Fsp3) is 0.214. The average Bonchev–Trinajstić information content (AvgIpc) is 2.63. The average molecular weight is 277 g/mol. The quantitative estimate of drug-likeness (QED) is 0.916. The fourth-order valence-corrected chi connectivity index (χ4v) is 2.04. The normalized spacial score (nSPS) is 14.2. The highest BCUT2D eigenvalue weighted by atomic mass is 35.5. The van der Waals surface area contributed by atoms with Gasteiger partial charge >= 0.3 is 0 Å². The molecule has 1 aliphatic rings. The Morgan fingerprint density at radius 2 is 2.21 bits per heavy atom. The summed E-state index contributed by atoms with van der Waals surface area (Å²) in [5.41, 5.74) is 1.04. The molecule has 0 unspecified atom stereocenters. The van der Waals surface area contributed by atoms with Crippen LogP contribution < -0.4 is 14.8 Å². The molecule has 5 heteroatoms. The van der Waals surface area contributed by atoms with E-state index in [0.717, 1.165) is 18.7 Å². The van der Waals surface area contributed by atoms with Crippen molar-refractivity contribution < 1.29 is 9.47 Å². The van der Waals surface area contributed by atoms with Crippen LogP contribution in [0.5, 0.6) is 17.5 Å². The summed E-state index contributed by atoms with van der Waals surface area (Å²) in [5.74, 6) is 1.79. The number of rotatable bonds is 2. The summed E-state index contributed by atoms with van der Waals surface area (Å²) >= 11 is 5.91. The zero-order valence-corrected chi connectivity index (χ0v) is 11.0. The molecular weight excluding hydrogens is 264 g/mol. The summed E-state index contributed by atoms with van der Waals surface area (Å²) in [7, 11) is 0. The summed E-state index contributed by atoms with van der Waals surface area (Å²) in [6.45, 7) is 2.20. The van der Waals surface area contributed by atoms with Gasteiger partial charge in [-0.3, -0.25) is 0 Å². The molecule has 0 fully saturated rings. The van der Waals surface area contributed by atoms with Crippen molar-refractivity contribution >= 4 is 11.6 Å². The first-order valence-electron chi connectivity index (χ1n) is 6.08. The summed E-state index contributed by atoms with van der Waals surface area (Å²) in [6.07, 6.45) is 0. The molecule has 4 nitrogen and oxygen atoms in total. The number of pyridine rings is 1. The van der Waals surface area contributed by atoms with Crippen LogP contribution in [0.25, 0.3) is 0 Å². The Morgan fingerprint density at radius 1 is 1.26 bits per heavy atom. The van der Waals surface area contributed by atoms with Crippen molar-refractivity contribution in [3.63, 3.8) is 0 Å². The Labute approximate surface area is 116 Å². The van der Waals surface area contributed by atoms with Crippen LogP contribution in [0.4, 0.5) is 0 Å². The van der Waals surface area contributed by atoms with Crippen LogP contribution in [0.3, 0.4) is 0 Å². The van der Waals surface area contributed by atoms with E-state index in [4.69, 9.17) is 21.1 Å². The maximum absolute atomic E-state index is 5.91. The Morgan fingerprint density at radius 3 is 3.11 bits per heavy atom. The van der Waals surface area contributed by atoms with Gasteiger partial charge in [-0.2, -0.15) is 4.98 Å². The van der Waals surface area contributed by atoms with Gasteiger partial charge in [-0.05, 0) is 24.3 Å². The maximum Gasteiger partial charge on any atom is 0.222 e. The molecule has 2 heterocycles. The van der Waals surface area contributed by atoms with Crippen molar-refractivity contribution in [3.8, 4) is 17.5 Å². The van der Waals surface area contributed by atoms with Crippen LogP contribution in [0.15, 0.2) is 36.4 Å². The minimum absolute atomic E-state index is 0.503. The molecule has 19 heavy (non-hydrogen) atoms. The fourth-order valence-electron chi connectivity index (χ4n) is 1.86. The van der Waals surface area contributed by atoms with Gasteiger partial charge in [-0.25, -0.2) is 0 Å². The van der Waals surface area contributed by atoms with E-state index < -0.39 is 0 Å². The zero-order chi connectivity index (χ0) is 13.1. The van der Waals surface area contributed by atoms with E-state index in [0.29, 0.717) is 29.1 Å². The molecule has 1 aromatic heterocycles. The number of fused-ring (bicyclic) bond motifs is 1. The van der Waals surface area contributed by atoms with E-state index in [2.05, 4.69) is 10.3 Å². The highest BCUT2D eigenvalue weighted by Crippen LogP contribution is 2.26. The number of hydrogen-bond acceptors (Lipinski definition) is 4. The third-order valence-electron chi connectivity index (χ3n) is 2.77. The maximum atomic E-state index is 5.91. The van der Waals surface area contributed by atoms with Crippen molar-refractivity contribution in [3.05, 3.63) is 47.0 Å². The third kappa shape index (κ3) is 2.97. The third-order valence-corrected chi connectivity index (χ3v) is 3.00. The molecular formula is C14H13ClN2O2. The molecule has 2 aromatic rings. The van der Waals surface area contributed by atoms with Gasteiger partial charge in [0.15, 0.2) is 0 Å². The summed E-state index contributed by atoms with van der Waals surface area (Å²) < 4.78 is 11.2. The van der Waals surface area contributed by atoms with Gasteiger partial charge in [0.05, 0.1) is 0 Å². The largest absolute Gasteiger partial charge is 0.476 e. The molecule has 0 amide bonds. The Hall–Kier alpha value is -1.78. The second-order valence-corrected chi connectivity index (χ2v) is 4.63. The molecule has 98 valence electrons. The predicted octanol–water partition coefficient (Wildman–Crippen LogP) is 3.01. The van der Waals surface area contributed by atoms with Crippen LogP contribution in [0.1, 0.15) is 5.56 Å². The van der Waals surface area contributed by atoms with Crippen LogP contribution in [-0.2, 0) is 6.54 Å². The second-order valence-electron chi connectivity index (χ2n) is 4.20. The number of aromatic nitrogens is 1. The number of nitrogens with zero attached hydrogens (tertiary/aromatic N) is 1. The molecule has 0 radical (unpaired) electrons. The topological polar surface area (TPSA) is 43.4 Å². The highest BCUT2D eigenvalue weighted by molar-refractivity contribution is 6.30. The second kappa shape index (κ2) is 5.47. The van der Waals surface area contributed by atoms with E-state index in [1.165, 1.54) is 0 Å². The first-order chi connectivity index (χ1) is 9.31. The van der Waals surface area contributed by atoms with E-state index in [1.54, 1.807) is 12.1 Å². The Kier molecular flexibility index (Phi) is 3.53. The van der Waals surface area contributed by atoms with Gasteiger partial charge in [0.25, 0.3) is 0 Å². The molecule has 1 aromatic carbocycles. The number of ether oxygens (including phenoxy) is 2. The molecule has 0 atom stereocenters. The molecule has 3 rings (SSSR count). The molecule has 0 saturated heterocycles. The van der Waals surface area contributed by atoms with Crippen LogP contribution in [0, 0.1) is 0 Å². The van der Waals surface area contributed by atoms with Gasteiger partial charge in [0.1, 0.15) is 12.4 Å². The van der Waals surface area contributed by atoms with Gasteiger partial charge in [0, 0.05) is 29.7 Å². The lowest BCUT2D eigenvalue weighted by atomic mass is 10.2. The van der Waals surface area contributed by atoms with Crippen molar-refractivity contribution in [1.29, 1.82) is 0 Å². The molecule has 0 aliphatic carbocycles. The number of benzene rings is 1. The summed E-state index contributed by atoms with van der Waals surface area (Å²) in [6, 6.07) is 11.0. The summed E-state index contributed by atoms with van der Waals surface area (Å²) in [5, 5.41) is 3.89. The molecule has 0 saturated carbocycles. The van der Waals surface area contributed by atoms with Gasteiger partial charge in [-0.15, -0.1) is 0 Å². The van der Waals surface area contributed by atoms with Crippen molar-refractivity contribution in [2.45, 2.75) is 6.54 Å². The first kappa shape index (κ1) is 12.3. The number of hydrogen-bond donors (Lipinski definition) is 1. The van der Waals surface area contributed by atoms with Gasteiger partial charge in [0.2, 0.25) is 11.8 Å². The standard InChI is InChI=1S/C14H13ClN2O2/c15-11-2-1-3-12(8-11)19-13-5-4-10-9-16-6-7-18-14(10)17-13/h1-5,8,16H,6-7,9H2. The lowest BCUT2D eigenvalue weighted by Gasteiger charge is -2.09. The van der Waals surface area contributed by atoms with Crippen LogP contribution in [-0.4, -0.2) is 18.1 Å². The van der Waals surface area contributed by atoms with Crippen molar-refractivity contribution in [2.75, 3.05) is 13.2 Å². The first-order valence-corrected chi connectivity index (χ1v) is 6.46.